The van der Waals surface area contributed by atoms with E-state index in [1.54, 1.807) is 6.07 Å². The molecule has 5 heteroatoms. The molecular weight excluding hydrogens is 313 g/mol. The number of halogens is 5. The Balaban J connectivity index is 3.08. The number of hydrogen-bond acceptors (Lipinski definition) is 0. The van der Waals surface area contributed by atoms with Gasteiger partial charge in [0.15, 0.2) is 0 Å². The van der Waals surface area contributed by atoms with Crippen LogP contribution in [-0.2, 0) is 4.58 Å². The summed E-state index contributed by atoms with van der Waals surface area (Å²) < 4.78 is 35.9. The summed E-state index contributed by atoms with van der Waals surface area (Å²) in [7, 11) is 0. The van der Waals surface area contributed by atoms with Crippen molar-refractivity contribution in [1.82, 2.24) is 0 Å². The first kappa shape index (κ1) is 11.0. The molecule has 0 spiro atoms. The second kappa shape index (κ2) is 3.61. The molecule has 13 heavy (non-hydrogen) atoms. The van der Waals surface area contributed by atoms with Gasteiger partial charge in [0.2, 0.25) is 0 Å². The average molecular weight is 318 g/mol. The fourth-order valence-corrected chi connectivity index (χ4v) is 1.30. The Morgan fingerprint density at radius 2 is 1.38 bits per heavy atom. The Bertz CT molecular complexity index is 279. The summed E-state index contributed by atoms with van der Waals surface area (Å²) in [5, 5.41) is 0. The van der Waals surface area contributed by atoms with Crippen LogP contribution in [0.15, 0.2) is 30.3 Å². The van der Waals surface area contributed by atoms with Crippen LogP contribution in [0.5, 0.6) is 0 Å². The van der Waals surface area contributed by atoms with Crippen LogP contribution in [0.4, 0.5) is 13.2 Å². The zero-order valence-corrected chi connectivity index (χ0v) is 9.45. The second-order valence-electron chi connectivity index (χ2n) is 2.44. The van der Waals surface area contributed by atoms with Gasteiger partial charge in [0.1, 0.15) is 0 Å². The maximum atomic E-state index is 13.4. The molecule has 1 aromatic rings. The van der Waals surface area contributed by atoms with E-state index in [0.29, 0.717) is 0 Å². The van der Waals surface area contributed by atoms with Crippen molar-refractivity contribution in [3.8, 4) is 0 Å². The van der Waals surface area contributed by atoms with E-state index in [0.717, 1.165) is 0 Å². The highest BCUT2D eigenvalue weighted by molar-refractivity contribution is 9.12. The van der Waals surface area contributed by atoms with Gasteiger partial charge in [-0.25, -0.2) is 4.39 Å². The van der Waals surface area contributed by atoms with E-state index in [-0.39, 0.29) is 5.56 Å². The van der Waals surface area contributed by atoms with Gasteiger partial charge in [0.05, 0.1) is 0 Å². The molecule has 0 unspecified atom stereocenters. The highest BCUT2D eigenvalue weighted by atomic mass is 79.9. The highest BCUT2D eigenvalue weighted by Gasteiger charge is 2.52. The van der Waals surface area contributed by atoms with Crippen LogP contribution in [0, 0.1) is 0 Å². The Morgan fingerprint density at radius 1 is 0.923 bits per heavy atom. The third-order valence-corrected chi connectivity index (χ3v) is 3.53. The topological polar surface area (TPSA) is 0 Å². The lowest BCUT2D eigenvalue weighted by molar-refractivity contribution is 0.00241. The molecule has 0 fully saturated rings. The minimum atomic E-state index is -3.64. The third kappa shape index (κ3) is 2.26. The summed E-state index contributed by atoms with van der Waals surface area (Å²) in [5.74, 6) is 0. The van der Waals surface area contributed by atoms with Crippen molar-refractivity contribution in [2.75, 3.05) is 0 Å². The van der Waals surface area contributed by atoms with Crippen molar-refractivity contribution < 1.29 is 13.2 Å². The molecule has 0 aliphatic rings. The first-order chi connectivity index (χ1) is 5.86. The summed E-state index contributed by atoms with van der Waals surface area (Å²) in [6, 6.07) is 7.17. The average Bonchev–Trinajstić information content (AvgIpc) is 2.04. The molecule has 0 N–H and O–H groups in total. The first-order valence-corrected chi connectivity index (χ1v) is 4.94. The van der Waals surface area contributed by atoms with Gasteiger partial charge in [0.25, 0.3) is 4.58 Å². The van der Waals surface area contributed by atoms with E-state index < -0.39 is 9.41 Å². The summed E-state index contributed by atoms with van der Waals surface area (Å²) in [6.45, 7) is 0. The van der Waals surface area contributed by atoms with Gasteiger partial charge >= 0.3 is 4.83 Å². The highest BCUT2D eigenvalue weighted by Crippen LogP contribution is 2.49. The van der Waals surface area contributed by atoms with Crippen LogP contribution >= 0.6 is 31.9 Å². The zero-order chi connectivity index (χ0) is 10.1. The third-order valence-electron chi connectivity index (χ3n) is 1.49. The number of benzene rings is 1. The van der Waals surface area contributed by atoms with Gasteiger partial charge in [-0.1, -0.05) is 30.3 Å². The predicted molar refractivity (Wildman–Crippen MR) is 52.0 cm³/mol. The molecule has 0 saturated carbocycles. The molecular formula is C8H5Br2F3. The van der Waals surface area contributed by atoms with Crippen molar-refractivity contribution in [3.63, 3.8) is 0 Å². The summed E-state index contributed by atoms with van der Waals surface area (Å²) in [4.78, 5) is -3.64. The van der Waals surface area contributed by atoms with Crippen LogP contribution in [0.2, 0.25) is 0 Å². The standard InChI is InChI=1S/C8H5Br2F3/c9-7(11,8(10,12)13)6-4-2-1-3-5-6/h1-5H/t7-/m0/s1. The fraction of sp³-hybridized carbons (Fsp3) is 0.250. The van der Waals surface area contributed by atoms with Crippen molar-refractivity contribution in [2.24, 2.45) is 0 Å². The van der Waals surface area contributed by atoms with Gasteiger partial charge in [0, 0.05) is 5.56 Å². The molecule has 0 heterocycles. The van der Waals surface area contributed by atoms with E-state index in [4.69, 9.17) is 0 Å². The number of hydrogen-bond donors (Lipinski definition) is 0. The molecule has 0 saturated heterocycles. The minimum Gasteiger partial charge on any atom is -0.218 e. The van der Waals surface area contributed by atoms with Gasteiger partial charge in [-0.3, -0.25) is 0 Å². The smallest absolute Gasteiger partial charge is 0.218 e. The van der Waals surface area contributed by atoms with Gasteiger partial charge < -0.3 is 0 Å². The summed E-state index contributed by atoms with van der Waals surface area (Å²) in [6.07, 6.45) is 0. The lowest BCUT2D eigenvalue weighted by Crippen LogP contribution is -2.30. The van der Waals surface area contributed by atoms with Crippen LogP contribution in [0.3, 0.4) is 0 Å². The molecule has 0 aliphatic carbocycles. The quantitative estimate of drug-likeness (QED) is 0.717. The Labute approximate surface area is 90.4 Å². The molecule has 1 aromatic carbocycles. The lowest BCUT2D eigenvalue weighted by atomic mass is 10.1. The minimum absolute atomic E-state index is 0.128. The Morgan fingerprint density at radius 3 is 1.77 bits per heavy atom. The van der Waals surface area contributed by atoms with Crippen molar-refractivity contribution >= 4 is 31.9 Å². The van der Waals surface area contributed by atoms with Crippen LogP contribution < -0.4 is 0 Å². The summed E-state index contributed by atoms with van der Waals surface area (Å²) >= 11 is 4.33. The number of rotatable bonds is 2. The predicted octanol–water partition coefficient (Wildman–Crippen LogP) is 4.19. The first-order valence-electron chi connectivity index (χ1n) is 3.36. The molecule has 0 aromatic heterocycles. The summed E-state index contributed by atoms with van der Waals surface area (Å²) in [5.41, 5.74) is -0.128. The van der Waals surface area contributed by atoms with Crippen molar-refractivity contribution in [3.05, 3.63) is 35.9 Å². The van der Waals surface area contributed by atoms with Crippen LogP contribution in [-0.4, -0.2) is 4.83 Å². The molecule has 0 bridgehead atoms. The van der Waals surface area contributed by atoms with Crippen molar-refractivity contribution in [2.45, 2.75) is 9.41 Å². The normalized spacial score (nSPS) is 16.7. The van der Waals surface area contributed by atoms with Gasteiger partial charge in [-0.05, 0) is 31.9 Å². The lowest BCUT2D eigenvalue weighted by Gasteiger charge is -2.23. The molecule has 0 aliphatic heterocycles. The molecule has 72 valence electrons. The molecule has 0 nitrogen and oxygen atoms in total. The van der Waals surface area contributed by atoms with E-state index in [2.05, 4.69) is 15.9 Å². The van der Waals surface area contributed by atoms with Crippen LogP contribution in [0.25, 0.3) is 0 Å². The van der Waals surface area contributed by atoms with E-state index in [1.807, 2.05) is 15.9 Å². The Kier molecular flexibility index (Phi) is 3.07. The monoisotopic (exact) mass is 316 g/mol. The van der Waals surface area contributed by atoms with E-state index >= 15 is 0 Å². The fourth-order valence-electron chi connectivity index (χ4n) is 0.811. The largest absolute Gasteiger partial charge is 0.348 e. The zero-order valence-electron chi connectivity index (χ0n) is 6.28. The van der Waals surface area contributed by atoms with E-state index in [9.17, 15) is 13.2 Å². The van der Waals surface area contributed by atoms with Gasteiger partial charge in [-0.2, -0.15) is 8.78 Å². The number of alkyl halides is 5. The SMILES string of the molecule is FC(F)(Br)[C@](F)(Br)c1ccccc1. The van der Waals surface area contributed by atoms with E-state index in [1.165, 1.54) is 24.3 Å². The maximum absolute atomic E-state index is 13.4. The van der Waals surface area contributed by atoms with Crippen molar-refractivity contribution in [1.29, 1.82) is 0 Å². The molecule has 0 amide bonds. The second-order valence-corrected chi connectivity index (χ2v) is 4.53. The van der Waals surface area contributed by atoms with Crippen LogP contribution in [0.1, 0.15) is 5.56 Å². The molecule has 1 atom stereocenters. The molecule has 0 radical (unpaired) electrons. The molecule has 1 rings (SSSR count). The maximum Gasteiger partial charge on any atom is 0.348 e. The van der Waals surface area contributed by atoms with Gasteiger partial charge in [-0.15, -0.1) is 0 Å². The Hall–Kier alpha value is -0.0300.